The van der Waals surface area contributed by atoms with E-state index >= 15 is 0 Å². The van der Waals surface area contributed by atoms with Crippen molar-refractivity contribution in [2.75, 3.05) is 11.9 Å². The first-order valence-corrected chi connectivity index (χ1v) is 10.5. The highest BCUT2D eigenvalue weighted by atomic mass is 16.2. The van der Waals surface area contributed by atoms with E-state index in [4.69, 9.17) is 0 Å². The predicted molar refractivity (Wildman–Crippen MR) is 121 cm³/mol. The molecule has 0 radical (unpaired) electrons. The molecular formula is C25H26N4O2. The molecule has 31 heavy (non-hydrogen) atoms. The minimum absolute atomic E-state index is 0.00524. The molecule has 1 saturated heterocycles. The third-order valence-corrected chi connectivity index (χ3v) is 5.45. The van der Waals surface area contributed by atoms with Gasteiger partial charge in [-0.3, -0.25) is 14.6 Å². The van der Waals surface area contributed by atoms with Crippen molar-refractivity contribution >= 4 is 23.2 Å². The summed E-state index contributed by atoms with van der Waals surface area (Å²) < 4.78 is 0. The average Bonchev–Trinajstić information content (AvgIpc) is 3.29. The number of hydrogen-bond donors (Lipinski definition) is 2. The molecule has 4 rings (SSSR count). The Bertz CT molecular complexity index is 1050. The number of aromatic nitrogens is 1. The number of carbonyl (C=O) groups excluding carboxylic acids is 2. The van der Waals surface area contributed by atoms with Crippen LogP contribution in [0.3, 0.4) is 0 Å². The summed E-state index contributed by atoms with van der Waals surface area (Å²) in [5.41, 5.74) is 4.21. The summed E-state index contributed by atoms with van der Waals surface area (Å²) in [4.78, 5) is 31.1. The van der Waals surface area contributed by atoms with Crippen molar-refractivity contribution in [2.45, 2.75) is 32.4 Å². The van der Waals surface area contributed by atoms with Gasteiger partial charge >= 0.3 is 0 Å². The molecule has 158 valence electrons. The van der Waals surface area contributed by atoms with Crippen molar-refractivity contribution in [1.29, 1.82) is 0 Å². The molecule has 0 bridgehead atoms. The van der Waals surface area contributed by atoms with E-state index in [0.717, 1.165) is 35.5 Å². The molecular weight excluding hydrogens is 388 g/mol. The first kappa shape index (κ1) is 20.6. The zero-order chi connectivity index (χ0) is 21.6. The highest BCUT2D eigenvalue weighted by Crippen LogP contribution is 2.33. The van der Waals surface area contributed by atoms with Gasteiger partial charge in [-0.25, -0.2) is 0 Å². The van der Waals surface area contributed by atoms with Crippen LogP contribution in [0.2, 0.25) is 0 Å². The van der Waals surface area contributed by atoms with Crippen molar-refractivity contribution in [3.8, 4) is 0 Å². The summed E-state index contributed by atoms with van der Waals surface area (Å²) in [5.74, 6) is -0.0647. The van der Waals surface area contributed by atoms with Gasteiger partial charge < -0.3 is 15.5 Å². The number of amides is 2. The smallest absolute Gasteiger partial charge is 0.256 e. The molecule has 1 fully saturated rings. The van der Waals surface area contributed by atoms with Gasteiger partial charge in [0.05, 0.1) is 23.0 Å². The molecule has 6 nitrogen and oxygen atoms in total. The van der Waals surface area contributed by atoms with Crippen molar-refractivity contribution in [1.82, 2.24) is 15.2 Å². The number of carbonyl (C=O) groups is 2. The summed E-state index contributed by atoms with van der Waals surface area (Å²) in [6.45, 7) is 2.65. The molecule has 2 aromatic carbocycles. The second kappa shape index (κ2) is 9.43. The molecule has 2 amide bonds. The quantitative estimate of drug-likeness (QED) is 0.625. The SMILES string of the molecule is CC(=O)NCc1ccc([C@H]2CCCN2C(=O)c2ccccc2Nc2ccccc2)nc1. The second-order valence-electron chi connectivity index (χ2n) is 7.69. The van der Waals surface area contributed by atoms with E-state index in [1.165, 1.54) is 6.92 Å². The van der Waals surface area contributed by atoms with Crippen molar-refractivity contribution in [2.24, 2.45) is 0 Å². The highest BCUT2D eigenvalue weighted by molar-refractivity contribution is 6.00. The van der Waals surface area contributed by atoms with E-state index in [-0.39, 0.29) is 17.9 Å². The van der Waals surface area contributed by atoms with Gasteiger partial charge in [-0.15, -0.1) is 0 Å². The largest absolute Gasteiger partial charge is 0.355 e. The van der Waals surface area contributed by atoms with Crippen LogP contribution in [0.4, 0.5) is 11.4 Å². The maximum atomic E-state index is 13.5. The molecule has 2 heterocycles. The highest BCUT2D eigenvalue weighted by Gasteiger charge is 2.32. The Kier molecular flexibility index (Phi) is 6.26. The molecule has 2 N–H and O–H groups in total. The van der Waals surface area contributed by atoms with Crippen LogP contribution in [0, 0.1) is 0 Å². The van der Waals surface area contributed by atoms with E-state index in [9.17, 15) is 9.59 Å². The average molecular weight is 415 g/mol. The first-order valence-electron chi connectivity index (χ1n) is 10.5. The third-order valence-electron chi connectivity index (χ3n) is 5.45. The van der Waals surface area contributed by atoms with Crippen LogP contribution in [0.1, 0.15) is 47.4 Å². The second-order valence-corrected chi connectivity index (χ2v) is 7.69. The van der Waals surface area contributed by atoms with E-state index in [0.29, 0.717) is 18.7 Å². The lowest BCUT2D eigenvalue weighted by atomic mass is 10.1. The van der Waals surface area contributed by atoms with Crippen molar-refractivity contribution in [3.63, 3.8) is 0 Å². The van der Waals surface area contributed by atoms with E-state index in [2.05, 4.69) is 15.6 Å². The standard InChI is InChI=1S/C25H26N4O2/c1-18(30)26-16-19-13-14-23(27-17-19)24-12-7-15-29(24)25(31)21-10-5-6-11-22(21)28-20-8-3-2-4-9-20/h2-6,8-11,13-14,17,24,28H,7,12,15-16H2,1H3,(H,26,30)/t24-/m1/s1. The maximum absolute atomic E-state index is 13.5. The summed E-state index contributed by atoms with van der Waals surface area (Å²) in [6.07, 6.45) is 3.61. The number of para-hydroxylation sites is 2. The van der Waals surface area contributed by atoms with Gasteiger partial charge in [-0.2, -0.15) is 0 Å². The fourth-order valence-electron chi connectivity index (χ4n) is 3.89. The van der Waals surface area contributed by atoms with Crippen LogP contribution in [0.5, 0.6) is 0 Å². The van der Waals surface area contributed by atoms with Crippen LogP contribution in [0.15, 0.2) is 72.9 Å². The molecule has 1 aliphatic heterocycles. The summed E-state index contributed by atoms with van der Waals surface area (Å²) in [7, 11) is 0. The number of nitrogens with one attached hydrogen (secondary N) is 2. The van der Waals surface area contributed by atoms with Gasteiger partial charge in [0.2, 0.25) is 5.91 Å². The third kappa shape index (κ3) is 4.91. The minimum atomic E-state index is -0.0700. The minimum Gasteiger partial charge on any atom is -0.355 e. The Balaban J connectivity index is 1.53. The normalized spacial score (nSPS) is 15.5. The van der Waals surface area contributed by atoms with Crippen molar-refractivity contribution < 1.29 is 9.59 Å². The van der Waals surface area contributed by atoms with E-state index in [1.54, 1.807) is 6.20 Å². The van der Waals surface area contributed by atoms with Crippen LogP contribution < -0.4 is 10.6 Å². The number of nitrogens with zero attached hydrogens (tertiary/aromatic N) is 2. The van der Waals surface area contributed by atoms with Gasteiger partial charge in [0.1, 0.15) is 0 Å². The number of likely N-dealkylation sites (tertiary alicyclic amines) is 1. The van der Waals surface area contributed by atoms with Gasteiger partial charge in [0.15, 0.2) is 0 Å². The lowest BCUT2D eigenvalue weighted by molar-refractivity contribution is -0.119. The Labute approximate surface area is 182 Å². The topological polar surface area (TPSA) is 74.3 Å². The maximum Gasteiger partial charge on any atom is 0.256 e. The molecule has 1 aliphatic rings. The fourth-order valence-corrected chi connectivity index (χ4v) is 3.89. The molecule has 0 saturated carbocycles. The number of rotatable bonds is 6. The number of benzene rings is 2. The molecule has 1 aromatic heterocycles. The van der Waals surface area contributed by atoms with Crippen LogP contribution >= 0.6 is 0 Å². The molecule has 6 heteroatoms. The van der Waals surface area contributed by atoms with E-state index in [1.807, 2.05) is 71.6 Å². The monoisotopic (exact) mass is 414 g/mol. The molecule has 3 aromatic rings. The van der Waals surface area contributed by atoms with Crippen molar-refractivity contribution in [3.05, 3.63) is 89.7 Å². The Hall–Kier alpha value is -3.67. The number of hydrogen-bond acceptors (Lipinski definition) is 4. The summed E-state index contributed by atoms with van der Waals surface area (Å²) in [5, 5.41) is 6.14. The van der Waals surface area contributed by atoms with Gasteiger partial charge in [-0.1, -0.05) is 36.4 Å². The van der Waals surface area contributed by atoms with E-state index < -0.39 is 0 Å². The summed E-state index contributed by atoms with van der Waals surface area (Å²) >= 11 is 0. The Morgan fingerprint density at radius 1 is 1.03 bits per heavy atom. The number of pyridine rings is 1. The first-order chi connectivity index (χ1) is 15.1. The Morgan fingerprint density at radius 2 is 1.81 bits per heavy atom. The lowest BCUT2D eigenvalue weighted by Gasteiger charge is -2.25. The molecule has 0 unspecified atom stereocenters. The molecule has 1 atom stereocenters. The van der Waals surface area contributed by atoms with Gasteiger partial charge in [0.25, 0.3) is 5.91 Å². The summed E-state index contributed by atoms with van der Waals surface area (Å²) in [6, 6.07) is 21.3. The Morgan fingerprint density at radius 3 is 2.55 bits per heavy atom. The zero-order valence-corrected chi connectivity index (χ0v) is 17.5. The van der Waals surface area contributed by atoms with Gasteiger partial charge in [0, 0.05) is 31.9 Å². The van der Waals surface area contributed by atoms with Gasteiger partial charge in [-0.05, 0) is 48.7 Å². The van der Waals surface area contributed by atoms with Crippen LogP contribution in [-0.4, -0.2) is 28.2 Å². The molecule has 0 spiro atoms. The van der Waals surface area contributed by atoms with Crippen LogP contribution in [0.25, 0.3) is 0 Å². The van der Waals surface area contributed by atoms with Crippen LogP contribution in [-0.2, 0) is 11.3 Å². The predicted octanol–water partition coefficient (Wildman–Crippen LogP) is 4.44. The zero-order valence-electron chi connectivity index (χ0n) is 17.5. The number of anilines is 2. The lowest BCUT2D eigenvalue weighted by Crippen LogP contribution is -2.31. The molecule has 0 aliphatic carbocycles. The fraction of sp³-hybridized carbons (Fsp3) is 0.240.